The van der Waals surface area contributed by atoms with Crippen LogP contribution in [0.25, 0.3) is 0 Å². The summed E-state index contributed by atoms with van der Waals surface area (Å²) in [6, 6.07) is 7.70. The van der Waals surface area contributed by atoms with Crippen LogP contribution in [0.4, 0.5) is 18.9 Å². The zero-order chi connectivity index (χ0) is 20.3. The molecule has 2 heterocycles. The molecule has 2 aromatic rings. The highest BCUT2D eigenvalue weighted by molar-refractivity contribution is 8.01. The molecule has 1 atom stereocenters. The van der Waals surface area contributed by atoms with E-state index in [1.165, 1.54) is 18.3 Å². The summed E-state index contributed by atoms with van der Waals surface area (Å²) in [5.41, 5.74) is 3.63. The summed E-state index contributed by atoms with van der Waals surface area (Å²) in [6.07, 6.45) is -3.38. The van der Waals surface area contributed by atoms with Gasteiger partial charge in [0, 0.05) is 17.5 Å². The molecule has 0 radical (unpaired) electrons. The van der Waals surface area contributed by atoms with E-state index in [-0.39, 0.29) is 17.8 Å². The van der Waals surface area contributed by atoms with Crippen LogP contribution in [0.5, 0.6) is 0 Å². The van der Waals surface area contributed by atoms with Gasteiger partial charge in [-0.2, -0.15) is 13.2 Å². The van der Waals surface area contributed by atoms with Crippen LogP contribution < -0.4 is 16.2 Å². The van der Waals surface area contributed by atoms with Gasteiger partial charge in [0.05, 0.1) is 16.5 Å². The Hall–Kier alpha value is -3.08. The first-order chi connectivity index (χ1) is 13.2. The molecule has 0 aliphatic carbocycles. The van der Waals surface area contributed by atoms with Crippen LogP contribution >= 0.6 is 11.8 Å². The van der Waals surface area contributed by atoms with Gasteiger partial charge in [-0.25, -0.2) is 0 Å². The van der Waals surface area contributed by atoms with Gasteiger partial charge in [-0.15, -0.1) is 11.8 Å². The summed E-state index contributed by atoms with van der Waals surface area (Å²) < 4.78 is 38.3. The maximum Gasteiger partial charge on any atom is 0.416 e. The molecule has 1 aliphatic rings. The third-order valence-corrected chi connectivity index (χ3v) is 4.99. The van der Waals surface area contributed by atoms with E-state index in [0.717, 1.165) is 23.9 Å². The predicted molar refractivity (Wildman–Crippen MR) is 94.2 cm³/mol. The number of aromatic nitrogens is 1. The maximum atomic E-state index is 12.8. The van der Waals surface area contributed by atoms with E-state index in [0.29, 0.717) is 4.90 Å². The van der Waals surface area contributed by atoms with Crippen LogP contribution in [0, 0.1) is 0 Å². The average Bonchev–Trinajstić information content (AvgIpc) is 2.66. The number of anilines is 1. The number of halogens is 3. The number of carbonyl (C=O) groups excluding carboxylic acids is 3. The Bertz CT molecular complexity index is 922. The monoisotopic (exact) mass is 410 g/mol. The lowest BCUT2D eigenvalue weighted by atomic mass is 10.1. The third kappa shape index (κ3) is 4.60. The zero-order valence-electron chi connectivity index (χ0n) is 14.0. The standard InChI is InChI=1S/C17H13F3N4O3S/c18-17(19,20)9-4-5-12-11(7-9)22-16(27)13(28-12)8-14(25)23-24-15(26)10-3-1-2-6-21-10/h1-7,13H,8H2,(H,22,27)(H,23,25)(H,24,26)/t13-/m1/s1. The highest BCUT2D eigenvalue weighted by atomic mass is 32.2. The summed E-state index contributed by atoms with van der Waals surface area (Å²) in [4.78, 5) is 40.2. The van der Waals surface area contributed by atoms with Gasteiger partial charge in [-0.05, 0) is 30.3 Å². The van der Waals surface area contributed by atoms with Gasteiger partial charge in [-0.1, -0.05) is 6.07 Å². The number of fused-ring (bicyclic) bond motifs is 1. The van der Waals surface area contributed by atoms with E-state index in [4.69, 9.17) is 0 Å². The maximum absolute atomic E-state index is 12.8. The average molecular weight is 410 g/mol. The van der Waals surface area contributed by atoms with Crippen molar-refractivity contribution in [3.63, 3.8) is 0 Å². The van der Waals surface area contributed by atoms with E-state index in [2.05, 4.69) is 21.2 Å². The quantitative estimate of drug-likeness (QED) is 0.675. The molecule has 1 aromatic carbocycles. The minimum absolute atomic E-state index is 0.0462. The fourth-order valence-electron chi connectivity index (χ4n) is 2.37. The summed E-state index contributed by atoms with van der Waals surface area (Å²) in [5, 5.41) is 1.53. The molecule has 0 spiro atoms. The summed E-state index contributed by atoms with van der Waals surface area (Å²) in [5.74, 6) is -1.85. The van der Waals surface area contributed by atoms with Gasteiger partial charge in [0.15, 0.2) is 0 Å². The molecule has 146 valence electrons. The minimum atomic E-state index is -4.52. The van der Waals surface area contributed by atoms with Crippen LogP contribution in [-0.4, -0.2) is 28.0 Å². The lowest BCUT2D eigenvalue weighted by Gasteiger charge is -2.24. The van der Waals surface area contributed by atoms with Crippen molar-refractivity contribution in [3.05, 3.63) is 53.9 Å². The second-order valence-corrected chi connectivity index (χ2v) is 6.97. The number of rotatable bonds is 3. The van der Waals surface area contributed by atoms with Crippen LogP contribution in [-0.2, 0) is 15.8 Å². The molecular formula is C17H13F3N4O3S. The molecule has 3 amide bonds. The molecule has 3 rings (SSSR count). The molecule has 1 aromatic heterocycles. The van der Waals surface area contributed by atoms with Gasteiger partial charge >= 0.3 is 6.18 Å². The van der Waals surface area contributed by atoms with Crippen LogP contribution in [0.2, 0.25) is 0 Å². The number of hydrogen-bond acceptors (Lipinski definition) is 5. The molecule has 0 fully saturated rings. The number of alkyl halides is 3. The third-order valence-electron chi connectivity index (χ3n) is 3.71. The second-order valence-electron chi connectivity index (χ2n) is 5.73. The van der Waals surface area contributed by atoms with Crippen molar-refractivity contribution in [2.24, 2.45) is 0 Å². The van der Waals surface area contributed by atoms with E-state index in [1.54, 1.807) is 12.1 Å². The van der Waals surface area contributed by atoms with Gasteiger partial charge < -0.3 is 5.32 Å². The number of nitrogens with one attached hydrogen (secondary N) is 3. The highest BCUT2D eigenvalue weighted by Crippen LogP contribution is 2.40. The zero-order valence-corrected chi connectivity index (χ0v) is 14.9. The molecule has 3 N–H and O–H groups in total. The largest absolute Gasteiger partial charge is 0.416 e. The van der Waals surface area contributed by atoms with E-state index in [9.17, 15) is 27.6 Å². The molecule has 0 saturated heterocycles. The minimum Gasteiger partial charge on any atom is -0.324 e. The van der Waals surface area contributed by atoms with Crippen molar-refractivity contribution in [2.45, 2.75) is 22.7 Å². The van der Waals surface area contributed by atoms with Gasteiger partial charge in [0.2, 0.25) is 11.8 Å². The van der Waals surface area contributed by atoms with E-state index < -0.39 is 34.7 Å². The second kappa shape index (κ2) is 7.89. The van der Waals surface area contributed by atoms with Crippen LogP contribution in [0.3, 0.4) is 0 Å². The Balaban J connectivity index is 1.59. The number of hydrogen-bond donors (Lipinski definition) is 3. The van der Waals surface area contributed by atoms with Crippen LogP contribution in [0.15, 0.2) is 47.5 Å². The molecule has 0 saturated carbocycles. The van der Waals surface area contributed by atoms with Crippen molar-refractivity contribution in [1.29, 1.82) is 0 Å². The number of hydrazine groups is 1. The molecule has 28 heavy (non-hydrogen) atoms. The molecule has 11 heteroatoms. The first-order valence-electron chi connectivity index (χ1n) is 7.93. The fourth-order valence-corrected chi connectivity index (χ4v) is 3.46. The van der Waals surface area contributed by atoms with Crippen molar-refractivity contribution in [2.75, 3.05) is 5.32 Å². The Morgan fingerprint density at radius 3 is 2.64 bits per heavy atom. The Labute approximate surface area is 161 Å². The topological polar surface area (TPSA) is 100 Å². The summed E-state index contributed by atoms with van der Waals surface area (Å²) >= 11 is 0.978. The Kier molecular flexibility index (Phi) is 5.54. The van der Waals surface area contributed by atoms with Crippen LogP contribution in [0.1, 0.15) is 22.5 Å². The molecular weight excluding hydrogens is 397 g/mol. The van der Waals surface area contributed by atoms with Gasteiger partial charge in [0.25, 0.3) is 5.91 Å². The van der Waals surface area contributed by atoms with Gasteiger partial charge in [-0.3, -0.25) is 30.2 Å². The number of carbonyl (C=O) groups is 3. The Morgan fingerprint density at radius 1 is 1.18 bits per heavy atom. The van der Waals surface area contributed by atoms with E-state index >= 15 is 0 Å². The normalized spacial score (nSPS) is 16.0. The number of nitrogens with zero attached hydrogens (tertiary/aromatic N) is 1. The number of thioether (sulfide) groups is 1. The smallest absolute Gasteiger partial charge is 0.324 e. The lowest BCUT2D eigenvalue weighted by molar-refractivity contribution is -0.137. The SMILES string of the molecule is O=C(C[C@H]1Sc2ccc(C(F)(F)F)cc2NC1=O)NNC(=O)c1ccccn1. The van der Waals surface area contributed by atoms with Crippen molar-refractivity contribution >= 4 is 35.2 Å². The first kappa shape index (κ1) is 19.7. The predicted octanol–water partition coefficient (Wildman–Crippen LogP) is 2.36. The molecule has 7 nitrogen and oxygen atoms in total. The van der Waals surface area contributed by atoms with E-state index in [1.807, 2.05) is 0 Å². The summed E-state index contributed by atoms with van der Waals surface area (Å²) in [7, 11) is 0. The first-order valence-corrected chi connectivity index (χ1v) is 8.81. The number of amides is 3. The lowest BCUT2D eigenvalue weighted by Crippen LogP contribution is -2.44. The molecule has 0 bridgehead atoms. The fraction of sp³-hybridized carbons (Fsp3) is 0.176. The number of benzene rings is 1. The van der Waals surface area contributed by atoms with Crippen molar-refractivity contribution in [3.8, 4) is 0 Å². The summed E-state index contributed by atoms with van der Waals surface area (Å²) in [6.45, 7) is 0. The molecule has 0 unspecified atom stereocenters. The Morgan fingerprint density at radius 2 is 1.96 bits per heavy atom. The highest BCUT2D eigenvalue weighted by Gasteiger charge is 2.34. The van der Waals surface area contributed by atoms with Crippen molar-refractivity contribution in [1.82, 2.24) is 15.8 Å². The number of pyridine rings is 1. The van der Waals surface area contributed by atoms with Gasteiger partial charge in [0.1, 0.15) is 5.69 Å². The molecule has 1 aliphatic heterocycles. The van der Waals surface area contributed by atoms with Crippen molar-refractivity contribution < 1.29 is 27.6 Å².